The quantitative estimate of drug-likeness (QED) is 0.611. The molecule has 0 amide bonds. The Balaban J connectivity index is 1.29. The third kappa shape index (κ3) is 6.26. The highest BCUT2D eigenvalue weighted by atomic mass is 19.1. The van der Waals surface area contributed by atoms with Gasteiger partial charge in [0.15, 0.2) is 11.5 Å². The van der Waals surface area contributed by atoms with Crippen LogP contribution in [0.3, 0.4) is 0 Å². The van der Waals surface area contributed by atoms with Gasteiger partial charge in [-0.3, -0.25) is 4.90 Å². The van der Waals surface area contributed by atoms with Gasteiger partial charge in [-0.1, -0.05) is 0 Å². The molecule has 2 aromatic rings. The Morgan fingerprint density at radius 2 is 1.70 bits per heavy atom. The number of pyridine rings is 1. The topological polar surface area (TPSA) is 59.1 Å². The minimum absolute atomic E-state index is 0.267. The molecule has 180 valence electrons. The Bertz CT molecular complexity index is 855. The maximum Gasteiger partial charge on any atom is 0.206 e. The van der Waals surface area contributed by atoms with Gasteiger partial charge < -0.3 is 24.4 Å². The molecule has 0 atom stereocenters. The highest BCUT2D eigenvalue weighted by Crippen LogP contribution is 2.30. The molecule has 4 rings (SSSR count). The van der Waals surface area contributed by atoms with Crippen LogP contribution in [0.4, 0.5) is 15.9 Å². The summed E-state index contributed by atoms with van der Waals surface area (Å²) in [7, 11) is 0. The van der Waals surface area contributed by atoms with Gasteiger partial charge in [0, 0.05) is 38.8 Å². The maximum absolute atomic E-state index is 14.5. The normalized spacial score (nSPS) is 17.7. The summed E-state index contributed by atoms with van der Waals surface area (Å²) >= 11 is 0. The molecule has 1 aromatic heterocycles. The molecular weight excluding hydrogens is 423 g/mol. The second kappa shape index (κ2) is 11.5. The third-order valence-electron chi connectivity index (χ3n) is 6.11. The molecule has 2 aliphatic rings. The van der Waals surface area contributed by atoms with E-state index in [1.807, 2.05) is 20.0 Å². The van der Waals surface area contributed by atoms with Crippen molar-refractivity contribution in [2.45, 2.75) is 39.3 Å². The van der Waals surface area contributed by atoms with Crippen molar-refractivity contribution in [3.05, 3.63) is 41.8 Å². The van der Waals surface area contributed by atoms with Crippen molar-refractivity contribution >= 4 is 11.5 Å². The van der Waals surface area contributed by atoms with E-state index in [0.717, 1.165) is 75.8 Å². The number of hydrogen-bond acceptors (Lipinski definition) is 7. The number of piperidine rings is 1. The highest BCUT2D eigenvalue weighted by Gasteiger charge is 2.21. The predicted molar refractivity (Wildman–Crippen MR) is 128 cm³/mol. The van der Waals surface area contributed by atoms with E-state index in [0.29, 0.717) is 19.3 Å². The average Bonchev–Trinajstić information content (AvgIpc) is 2.84. The van der Waals surface area contributed by atoms with Gasteiger partial charge in [0.1, 0.15) is 5.82 Å². The zero-order chi connectivity index (χ0) is 23.0. The van der Waals surface area contributed by atoms with Crippen LogP contribution < -0.4 is 19.7 Å². The lowest BCUT2D eigenvalue weighted by molar-refractivity contribution is 0.122. The predicted octanol–water partition coefficient (Wildman–Crippen LogP) is 3.93. The average molecular weight is 459 g/mol. The fraction of sp³-hybridized carbons (Fsp3) is 0.560. The van der Waals surface area contributed by atoms with Crippen LogP contribution in [0.25, 0.3) is 0 Å². The summed E-state index contributed by atoms with van der Waals surface area (Å²) in [5.41, 5.74) is 2.07. The van der Waals surface area contributed by atoms with Crippen molar-refractivity contribution in [1.29, 1.82) is 0 Å². The van der Waals surface area contributed by atoms with Gasteiger partial charge in [0.25, 0.3) is 0 Å². The number of nitrogens with one attached hydrogen (secondary N) is 1. The third-order valence-corrected chi connectivity index (χ3v) is 6.11. The van der Waals surface area contributed by atoms with E-state index in [9.17, 15) is 4.39 Å². The van der Waals surface area contributed by atoms with Gasteiger partial charge in [0.2, 0.25) is 5.82 Å². The van der Waals surface area contributed by atoms with Gasteiger partial charge in [-0.25, -0.2) is 4.98 Å². The minimum atomic E-state index is -0.418. The van der Waals surface area contributed by atoms with Gasteiger partial charge >= 0.3 is 0 Å². The van der Waals surface area contributed by atoms with E-state index in [4.69, 9.17) is 14.2 Å². The summed E-state index contributed by atoms with van der Waals surface area (Å²) in [5.74, 6) is 1.13. The molecule has 0 unspecified atom stereocenters. The van der Waals surface area contributed by atoms with Crippen LogP contribution in [-0.4, -0.2) is 68.5 Å². The molecule has 7 nitrogen and oxygen atoms in total. The van der Waals surface area contributed by atoms with Crippen LogP contribution in [-0.2, 0) is 11.3 Å². The van der Waals surface area contributed by atoms with E-state index in [1.54, 1.807) is 12.1 Å². The van der Waals surface area contributed by atoms with Crippen LogP contribution in [0.1, 0.15) is 32.3 Å². The van der Waals surface area contributed by atoms with Crippen LogP contribution in [0.5, 0.6) is 11.5 Å². The molecule has 1 N–H and O–H groups in total. The summed E-state index contributed by atoms with van der Waals surface area (Å²) in [6, 6.07) is 8.22. The maximum atomic E-state index is 14.5. The summed E-state index contributed by atoms with van der Waals surface area (Å²) in [6.07, 6.45) is 4.02. The Morgan fingerprint density at radius 3 is 2.27 bits per heavy atom. The number of nitrogens with zero attached hydrogens (tertiary/aromatic N) is 3. The molecule has 0 saturated carbocycles. The van der Waals surface area contributed by atoms with Crippen molar-refractivity contribution in [2.75, 3.05) is 62.8 Å². The molecule has 2 fully saturated rings. The summed E-state index contributed by atoms with van der Waals surface area (Å²) in [5, 5.41) is 3.63. The Kier molecular flexibility index (Phi) is 8.23. The molecule has 1 aromatic carbocycles. The number of morpholine rings is 1. The van der Waals surface area contributed by atoms with Gasteiger partial charge in [-0.05, 0) is 56.5 Å². The number of rotatable bonds is 9. The van der Waals surface area contributed by atoms with Gasteiger partial charge in [-0.2, -0.15) is 4.39 Å². The Morgan fingerprint density at radius 1 is 1.03 bits per heavy atom. The highest BCUT2D eigenvalue weighted by molar-refractivity contribution is 5.49. The first kappa shape index (κ1) is 23.6. The van der Waals surface area contributed by atoms with Crippen molar-refractivity contribution in [3.8, 4) is 11.5 Å². The first-order valence-corrected chi connectivity index (χ1v) is 12.0. The molecule has 2 saturated heterocycles. The van der Waals surface area contributed by atoms with Crippen molar-refractivity contribution < 1.29 is 18.6 Å². The molecule has 3 heterocycles. The van der Waals surface area contributed by atoms with Gasteiger partial charge in [-0.15, -0.1) is 0 Å². The number of aromatic nitrogens is 1. The SMILES string of the molecule is CCOc1cc(CN2CCC(Nc3ccc(N4CCOCC4)nc3)CC2)cc(OCC)c1F. The number of hydrogen-bond donors (Lipinski definition) is 1. The van der Waals surface area contributed by atoms with Crippen LogP contribution in [0.2, 0.25) is 0 Å². The zero-order valence-corrected chi connectivity index (χ0v) is 19.7. The lowest BCUT2D eigenvalue weighted by atomic mass is 10.0. The van der Waals surface area contributed by atoms with Crippen LogP contribution in [0, 0.1) is 5.82 Å². The largest absolute Gasteiger partial charge is 0.491 e. The number of likely N-dealkylation sites (tertiary alicyclic amines) is 1. The van der Waals surface area contributed by atoms with E-state index < -0.39 is 5.82 Å². The fourth-order valence-electron chi connectivity index (χ4n) is 4.42. The smallest absolute Gasteiger partial charge is 0.206 e. The molecular formula is C25H35FN4O3. The Labute approximate surface area is 195 Å². The first-order valence-electron chi connectivity index (χ1n) is 12.0. The van der Waals surface area contributed by atoms with Crippen LogP contribution >= 0.6 is 0 Å². The van der Waals surface area contributed by atoms with E-state index >= 15 is 0 Å². The number of anilines is 2. The van der Waals surface area contributed by atoms with E-state index in [-0.39, 0.29) is 11.5 Å². The van der Waals surface area contributed by atoms with E-state index in [1.165, 1.54) is 0 Å². The number of benzene rings is 1. The number of ether oxygens (including phenoxy) is 3. The van der Waals surface area contributed by atoms with Crippen molar-refractivity contribution in [3.63, 3.8) is 0 Å². The van der Waals surface area contributed by atoms with Crippen molar-refractivity contribution in [1.82, 2.24) is 9.88 Å². The standard InChI is InChI=1S/C25H35FN4O3/c1-3-32-22-15-19(16-23(25(22)26)33-4-2)18-29-9-7-20(8-10-29)28-21-5-6-24(27-17-21)30-11-13-31-14-12-30/h5-6,15-17,20,28H,3-4,7-14,18H2,1-2H3. The minimum Gasteiger partial charge on any atom is -0.491 e. The van der Waals surface area contributed by atoms with Crippen LogP contribution in [0.15, 0.2) is 30.5 Å². The first-order chi connectivity index (χ1) is 16.2. The summed E-state index contributed by atoms with van der Waals surface area (Å²) < 4.78 is 30.9. The van der Waals surface area contributed by atoms with Gasteiger partial charge in [0.05, 0.1) is 38.3 Å². The zero-order valence-electron chi connectivity index (χ0n) is 19.7. The lowest BCUT2D eigenvalue weighted by Gasteiger charge is -2.33. The molecule has 33 heavy (non-hydrogen) atoms. The molecule has 0 radical (unpaired) electrons. The molecule has 8 heteroatoms. The monoisotopic (exact) mass is 458 g/mol. The molecule has 0 spiro atoms. The summed E-state index contributed by atoms with van der Waals surface area (Å²) in [6.45, 7) is 10.6. The lowest BCUT2D eigenvalue weighted by Crippen LogP contribution is -2.38. The summed E-state index contributed by atoms with van der Waals surface area (Å²) in [4.78, 5) is 9.29. The fourth-order valence-corrected chi connectivity index (χ4v) is 4.42. The second-order valence-corrected chi connectivity index (χ2v) is 8.47. The van der Waals surface area contributed by atoms with E-state index in [2.05, 4.69) is 32.2 Å². The number of halogens is 1. The van der Waals surface area contributed by atoms with Crippen molar-refractivity contribution in [2.24, 2.45) is 0 Å². The second-order valence-electron chi connectivity index (χ2n) is 8.47. The molecule has 0 aliphatic carbocycles. The molecule has 2 aliphatic heterocycles. The molecule has 0 bridgehead atoms. The Hall–Kier alpha value is -2.58.